The minimum Gasteiger partial charge on any atom is -0.493 e. The number of carbonyl (C=O) groups excluding carboxylic acids is 3. The van der Waals surface area contributed by atoms with Gasteiger partial charge in [0.05, 0.1) is 19.9 Å². The average Bonchev–Trinajstić information content (AvgIpc) is 3.32. The van der Waals surface area contributed by atoms with Gasteiger partial charge in [0.15, 0.2) is 11.5 Å². The number of halogens is 2. The maximum Gasteiger partial charge on any atom is 0.331 e. The molecule has 1 fully saturated rings. The Kier molecular flexibility index (Phi) is 6.78. The molecule has 10 heteroatoms. The highest BCUT2D eigenvalue weighted by Crippen LogP contribution is 2.35. The summed E-state index contributed by atoms with van der Waals surface area (Å²) < 4.78 is 30.3. The molecule has 2 aromatic carbocycles. The Balaban J connectivity index is 1.60. The van der Waals surface area contributed by atoms with Crippen LogP contribution < -0.4 is 14.8 Å². The zero-order valence-electron chi connectivity index (χ0n) is 17.8. The van der Waals surface area contributed by atoms with Gasteiger partial charge in [-0.2, -0.15) is 0 Å². The summed E-state index contributed by atoms with van der Waals surface area (Å²) in [6.07, 6.45) is 2.77. The first-order chi connectivity index (χ1) is 16.4. The zero-order valence-corrected chi connectivity index (χ0v) is 19.4. The Labute approximate surface area is 202 Å². The fourth-order valence-corrected chi connectivity index (χ4v) is 3.71. The van der Waals surface area contributed by atoms with Crippen molar-refractivity contribution in [3.8, 4) is 11.5 Å². The van der Waals surface area contributed by atoms with Crippen LogP contribution in [0.15, 0.2) is 69.3 Å². The highest BCUT2D eigenvalue weighted by molar-refractivity contribution is 9.10. The molecule has 0 unspecified atom stereocenters. The Bertz CT molecular complexity index is 1290. The lowest BCUT2D eigenvalue weighted by Crippen LogP contribution is -2.53. The van der Waals surface area contributed by atoms with Crippen LogP contribution in [0.4, 0.5) is 9.18 Å². The Morgan fingerprint density at radius 2 is 1.94 bits per heavy atom. The molecule has 1 aliphatic heterocycles. The van der Waals surface area contributed by atoms with Crippen LogP contribution in [0, 0.1) is 5.82 Å². The van der Waals surface area contributed by atoms with Crippen LogP contribution in [0.5, 0.6) is 11.5 Å². The fraction of sp³-hybridized carbons (Fsp3) is 0.125. The second-order valence-corrected chi connectivity index (χ2v) is 8.09. The lowest BCUT2D eigenvalue weighted by Gasteiger charge is -2.25. The lowest BCUT2D eigenvalue weighted by molar-refractivity contribution is -0.130. The number of barbiturate groups is 1. The molecule has 1 aliphatic rings. The number of carbonyl (C=O) groups is 3. The number of nitrogens with one attached hydrogen (secondary N) is 1. The number of hydrogen-bond acceptors (Lipinski definition) is 6. The fourth-order valence-electron chi connectivity index (χ4n) is 3.27. The van der Waals surface area contributed by atoms with Gasteiger partial charge in [0.1, 0.15) is 23.8 Å². The number of urea groups is 1. The molecule has 1 N–H and O–H groups in total. The number of methoxy groups -OCH3 is 1. The highest BCUT2D eigenvalue weighted by atomic mass is 79.9. The molecule has 4 amide bonds. The molecule has 0 bridgehead atoms. The van der Waals surface area contributed by atoms with Gasteiger partial charge in [0, 0.05) is 4.47 Å². The third-order valence-electron chi connectivity index (χ3n) is 4.95. The normalized spacial score (nSPS) is 15.0. The Morgan fingerprint density at radius 3 is 2.65 bits per heavy atom. The van der Waals surface area contributed by atoms with Crippen molar-refractivity contribution in [2.24, 2.45) is 0 Å². The number of rotatable bonds is 7. The minimum atomic E-state index is -0.832. The maximum absolute atomic E-state index is 13.4. The molecule has 0 atom stereocenters. The van der Waals surface area contributed by atoms with Gasteiger partial charge >= 0.3 is 6.03 Å². The zero-order chi connectivity index (χ0) is 24.2. The SMILES string of the molecule is COc1cc(/C=C2\C(=O)NC(=O)N(Cc3ccco3)C2=O)c(Br)cc1OCc1cccc(F)c1. The first kappa shape index (κ1) is 23.2. The molecule has 0 spiro atoms. The predicted octanol–water partition coefficient (Wildman–Crippen LogP) is 4.43. The average molecular weight is 529 g/mol. The van der Waals surface area contributed by atoms with Crippen LogP contribution in [0.1, 0.15) is 16.9 Å². The van der Waals surface area contributed by atoms with Crippen molar-refractivity contribution >= 4 is 39.9 Å². The molecule has 2 heterocycles. The molecule has 1 aromatic heterocycles. The number of nitrogens with zero attached hydrogens (tertiary/aromatic N) is 1. The number of furan rings is 1. The van der Waals surface area contributed by atoms with Crippen molar-refractivity contribution in [2.75, 3.05) is 7.11 Å². The quantitative estimate of drug-likeness (QED) is 0.359. The second-order valence-electron chi connectivity index (χ2n) is 7.23. The van der Waals surface area contributed by atoms with Gasteiger partial charge in [-0.1, -0.05) is 28.1 Å². The van der Waals surface area contributed by atoms with E-state index in [-0.39, 0.29) is 24.5 Å². The molecular formula is C24H18BrFN2O6. The van der Waals surface area contributed by atoms with Crippen LogP contribution in [0.25, 0.3) is 6.08 Å². The summed E-state index contributed by atoms with van der Waals surface area (Å²) in [4.78, 5) is 38.4. The van der Waals surface area contributed by atoms with Crippen LogP contribution in [-0.2, 0) is 22.7 Å². The summed E-state index contributed by atoms with van der Waals surface area (Å²) in [7, 11) is 1.44. The van der Waals surface area contributed by atoms with Gasteiger partial charge in [-0.25, -0.2) is 9.18 Å². The molecule has 34 heavy (non-hydrogen) atoms. The lowest BCUT2D eigenvalue weighted by atomic mass is 10.1. The van der Waals surface area contributed by atoms with Crippen molar-refractivity contribution < 1.29 is 32.7 Å². The van der Waals surface area contributed by atoms with Crippen molar-refractivity contribution in [3.63, 3.8) is 0 Å². The van der Waals surface area contributed by atoms with Gasteiger partial charge in [-0.3, -0.25) is 19.8 Å². The topological polar surface area (TPSA) is 98.1 Å². The first-order valence-electron chi connectivity index (χ1n) is 10.0. The Morgan fingerprint density at radius 1 is 1.12 bits per heavy atom. The Hall–Kier alpha value is -3.92. The summed E-state index contributed by atoms with van der Waals surface area (Å²) in [5, 5.41) is 2.16. The van der Waals surface area contributed by atoms with Gasteiger partial charge in [0.25, 0.3) is 11.8 Å². The number of imide groups is 2. The molecule has 0 saturated carbocycles. The first-order valence-corrected chi connectivity index (χ1v) is 10.8. The van der Waals surface area contributed by atoms with Crippen LogP contribution in [-0.4, -0.2) is 29.9 Å². The molecule has 1 saturated heterocycles. The van der Waals surface area contributed by atoms with Gasteiger partial charge in [-0.05, 0) is 53.6 Å². The van der Waals surface area contributed by atoms with Gasteiger partial charge in [-0.15, -0.1) is 0 Å². The van der Waals surface area contributed by atoms with E-state index in [1.165, 1.54) is 31.6 Å². The van der Waals surface area contributed by atoms with E-state index < -0.39 is 17.8 Å². The van der Waals surface area contributed by atoms with Crippen LogP contribution in [0.2, 0.25) is 0 Å². The summed E-state index contributed by atoms with van der Waals surface area (Å²) in [6, 6.07) is 11.6. The largest absolute Gasteiger partial charge is 0.493 e. The van der Waals surface area contributed by atoms with Crippen molar-refractivity contribution in [2.45, 2.75) is 13.2 Å². The smallest absolute Gasteiger partial charge is 0.331 e. The van der Waals surface area contributed by atoms with E-state index >= 15 is 0 Å². The van der Waals surface area contributed by atoms with E-state index in [2.05, 4.69) is 21.2 Å². The van der Waals surface area contributed by atoms with E-state index in [1.54, 1.807) is 36.4 Å². The summed E-state index contributed by atoms with van der Waals surface area (Å²) in [5.41, 5.74) is 0.846. The third kappa shape index (κ3) is 5.01. The van der Waals surface area contributed by atoms with E-state index in [0.29, 0.717) is 32.9 Å². The summed E-state index contributed by atoms with van der Waals surface area (Å²) >= 11 is 3.41. The standard InChI is InChI=1S/C24H18BrFN2O6/c1-32-20-10-15(19(25)11-21(20)34-13-14-4-2-5-16(26)8-14)9-18-22(29)27-24(31)28(23(18)30)12-17-6-3-7-33-17/h2-11H,12-13H2,1H3,(H,27,29,31)/b18-9+. The molecule has 0 radical (unpaired) electrons. The minimum absolute atomic E-state index is 0.103. The number of benzene rings is 2. The summed E-state index contributed by atoms with van der Waals surface area (Å²) in [5.74, 6) is -0.857. The van der Waals surface area contributed by atoms with E-state index in [9.17, 15) is 18.8 Å². The van der Waals surface area contributed by atoms with Crippen LogP contribution in [0.3, 0.4) is 0 Å². The van der Waals surface area contributed by atoms with Crippen molar-refractivity contribution in [1.29, 1.82) is 0 Å². The summed E-state index contributed by atoms with van der Waals surface area (Å²) in [6.45, 7) is -0.0224. The molecule has 8 nitrogen and oxygen atoms in total. The molecular weight excluding hydrogens is 511 g/mol. The molecule has 4 rings (SSSR count). The molecule has 3 aromatic rings. The van der Waals surface area contributed by atoms with E-state index in [0.717, 1.165) is 4.90 Å². The molecule has 174 valence electrons. The third-order valence-corrected chi connectivity index (χ3v) is 5.63. The monoisotopic (exact) mass is 528 g/mol. The predicted molar refractivity (Wildman–Crippen MR) is 122 cm³/mol. The van der Waals surface area contributed by atoms with E-state index in [1.807, 2.05) is 0 Å². The second kappa shape index (κ2) is 9.92. The highest BCUT2D eigenvalue weighted by Gasteiger charge is 2.36. The number of amides is 4. The van der Waals surface area contributed by atoms with Crippen molar-refractivity contribution in [3.05, 3.63) is 87.5 Å². The number of hydrogen-bond donors (Lipinski definition) is 1. The van der Waals surface area contributed by atoms with Gasteiger partial charge < -0.3 is 13.9 Å². The van der Waals surface area contributed by atoms with Crippen LogP contribution >= 0.6 is 15.9 Å². The van der Waals surface area contributed by atoms with Gasteiger partial charge in [0.2, 0.25) is 0 Å². The maximum atomic E-state index is 13.4. The molecule has 0 aliphatic carbocycles. The van der Waals surface area contributed by atoms with Crippen molar-refractivity contribution in [1.82, 2.24) is 10.2 Å². The van der Waals surface area contributed by atoms with E-state index in [4.69, 9.17) is 13.9 Å². The number of ether oxygens (including phenoxy) is 2.